The number of rotatable bonds is 5. The number of aliphatic hydroxyl groups excluding tert-OH is 1. The van der Waals surface area contributed by atoms with Gasteiger partial charge in [-0.1, -0.05) is 6.92 Å². The summed E-state index contributed by atoms with van der Waals surface area (Å²) in [5, 5.41) is 11.9. The number of anilines is 1. The van der Waals surface area contributed by atoms with Gasteiger partial charge in [0.05, 0.1) is 6.10 Å². The first kappa shape index (κ1) is 13.5. The minimum absolute atomic E-state index is 0.112. The molecular weight excluding hydrogens is 244 g/mol. The number of oxazole rings is 1. The maximum atomic E-state index is 11.6. The van der Waals surface area contributed by atoms with Crippen LogP contribution >= 0.6 is 0 Å². The molecule has 0 fully saturated rings. The molecule has 0 aliphatic carbocycles. The summed E-state index contributed by atoms with van der Waals surface area (Å²) >= 11 is 0. The first-order chi connectivity index (χ1) is 9.08. The molecule has 0 radical (unpaired) electrons. The lowest BCUT2D eigenvalue weighted by atomic mass is 10.2. The number of amides is 1. The van der Waals surface area contributed by atoms with Crippen molar-refractivity contribution in [3.8, 4) is 0 Å². The van der Waals surface area contributed by atoms with Crippen molar-refractivity contribution < 1.29 is 14.3 Å². The molecule has 5 heteroatoms. The number of hydrogen-bond acceptors (Lipinski definition) is 4. The fraction of sp³-hybridized carbons (Fsp3) is 0.429. The minimum Gasteiger partial charge on any atom is -0.441 e. The van der Waals surface area contributed by atoms with Crippen LogP contribution in [-0.4, -0.2) is 22.1 Å². The molecule has 0 aliphatic rings. The van der Waals surface area contributed by atoms with Crippen LogP contribution in [0.5, 0.6) is 0 Å². The molecular formula is C14H18N2O3. The van der Waals surface area contributed by atoms with Crippen molar-refractivity contribution in [3.05, 3.63) is 24.1 Å². The molecule has 1 aromatic heterocycles. The summed E-state index contributed by atoms with van der Waals surface area (Å²) < 4.78 is 5.50. The quantitative estimate of drug-likeness (QED) is 0.868. The zero-order chi connectivity index (χ0) is 13.8. The summed E-state index contributed by atoms with van der Waals surface area (Å²) in [7, 11) is 0. The number of benzene rings is 1. The van der Waals surface area contributed by atoms with Gasteiger partial charge in [-0.3, -0.25) is 4.79 Å². The largest absolute Gasteiger partial charge is 0.441 e. The normalized spacial score (nSPS) is 12.6. The highest BCUT2D eigenvalue weighted by Gasteiger charge is 2.08. The molecule has 5 nitrogen and oxygen atoms in total. The fourth-order valence-electron chi connectivity index (χ4n) is 1.77. The van der Waals surface area contributed by atoms with Gasteiger partial charge in [-0.25, -0.2) is 4.98 Å². The molecule has 0 spiro atoms. The number of fused-ring (bicyclic) bond motifs is 1. The van der Waals surface area contributed by atoms with Crippen LogP contribution < -0.4 is 5.32 Å². The Labute approximate surface area is 111 Å². The molecule has 2 rings (SSSR count). The van der Waals surface area contributed by atoms with E-state index < -0.39 is 6.10 Å². The van der Waals surface area contributed by atoms with Crippen molar-refractivity contribution in [1.82, 2.24) is 4.98 Å². The molecule has 102 valence electrons. The lowest BCUT2D eigenvalue weighted by Crippen LogP contribution is -2.13. The Balaban J connectivity index is 2.06. The van der Waals surface area contributed by atoms with E-state index in [0.717, 1.165) is 17.5 Å². The van der Waals surface area contributed by atoms with Gasteiger partial charge in [-0.15, -0.1) is 0 Å². The summed E-state index contributed by atoms with van der Waals surface area (Å²) in [6, 6.07) is 5.37. The van der Waals surface area contributed by atoms with Crippen molar-refractivity contribution >= 4 is 22.7 Å². The van der Waals surface area contributed by atoms with Gasteiger partial charge in [0.2, 0.25) is 5.91 Å². The molecule has 2 aromatic rings. The molecule has 0 saturated heterocycles. The van der Waals surface area contributed by atoms with Crippen molar-refractivity contribution in [1.29, 1.82) is 0 Å². The predicted octanol–water partition coefficient (Wildman–Crippen LogP) is 2.49. The average molecular weight is 262 g/mol. The Bertz CT molecular complexity index is 575. The third kappa shape index (κ3) is 3.54. The lowest BCUT2D eigenvalue weighted by molar-refractivity contribution is -0.116. The topological polar surface area (TPSA) is 75.4 Å². The van der Waals surface area contributed by atoms with E-state index in [2.05, 4.69) is 10.3 Å². The molecule has 1 aromatic carbocycles. The summed E-state index contributed by atoms with van der Waals surface area (Å²) in [4.78, 5) is 16.0. The Kier molecular flexibility index (Phi) is 4.16. The van der Waals surface area contributed by atoms with Crippen molar-refractivity contribution in [2.45, 2.75) is 39.2 Å². The third-order valence-corrected chi connectivity index (χ3v) is 2.81. The number of carbonyl (C=O) groups excluding carboxylic acids is 1. The van der Waals surface area contributed by atoms with E-state index in [1.807, 2.05) is 6.92 Å². The van der Waals surface area contributed by atoms with Crippen LogP contribution in [0.15, 0.2) is 22.6 Å². The Hall–Kier alpha value is -1.88. The summed E-state index contributed by atoms with van der Waals surface area (Å²) in [5.41, 5.74) is 2.16. The fourth-order valence-corrected chi connectivity index (χ4v) is 1.77. The summed E-state index contributed by atoms with van der Waals surface area (Å²) in [6.45, 7) is 3.64. The van der Waals surface area contributed by atoms with Crippen molar-refractivity contribution in [3.63, 3.8) is 0 Å². The van der Waals surface area contributed by atoms with Gasteiger partial charge < -0.3 is 14.8 Å². The van der Waals surface area contributed by atoms with Gasteiger partial charge in [-0.05, 0) is 31.5 Å². The minimum atomic E-state index is -0.462. The van der Waals surface area contributed by atoms with Crippen LogP contribution in [0.1, 0.15) is 32.6 Å². The van der Waals surface area contributed by atoms with Crippen molar-refractivity contribution in [2.24, 2.45) is 0 Å². The maximum absolute atomic E-state index is 11.6. The van der Waals surface area contributed by atoms with Crippen LogP contribution in [0.4, 0.5) is 5.69 Å². The second-order valence-electron chi connectivity index (χ2n) is 4.58. The van der Waals surface area contributed by atoms with Gasteiger partial charge >= 0.3 is 0 Å². The number of nitrogens with zero attached hydrogens (tertiary/aromatic N) is 1. The van der Waals surface area contributed by atoms with E-state index in [1.54, 1.807) is 25.1 Å². The zero-order valence-corrected chi connectivity index (χ0v) is 11.1. The van der Waals surface area contributed by atoms with Crippen LogP contribution in [0, 0.1) is 0 Å². The molecule has 1 amide bonds. The van der Waals surface area contributed by atoms with E-state index >= 15 is 0 Å². The smallest absolute Gasteiger partial charge is 0.224 e. The van der Waals surface area contributed by atoms with Gasteiger partial charge in [0.15, 0.2) is 11.5 Å². The number of carbonyl (C=O) groups is 1. The van der Waals surface area contributed by atoms with Crippen molar-refractivity contribution in [2.75, 3.05) is 5.32 Å². The van der Waals surface area contributed by atoms with Gasteiger partial charge in [-0.2, -0.15) is 0 Å². The second kappa shape index (κ2) is 5.84. The zero-order valence-electron chi connectivity index (χ0n) is 11.1. The molecule has 0 saturated carbocycles. The number of aromatic nitrogens is 1. The molecule has 1 unspecified atom stereocenters. The Morgan fingerprint density at radius 2 is 2.32 bits per heavy atom. The maximum Gasteiger partial charge on any atom is 0.224 e. The lowest BCUT2D eigenvalue weighted by Gasteiger charge is -2.06. The van der Waals surface area contributed by atoms with E-state index in [0.29, 0.717) is 24.4 Å². The van der Waals surface area contributed by atoms with E-state index in [9.17, 15) is 4.79 Å². The standard InChI is InChI=1S/C14H18N2O3/c1-3-14-16-11-8-10(5-6-12(11)19-14)15-13(18)7-4-9(2)17/h5-6,8-9,17H,3-4,7H2,1-2H3,(H,15,18). The average Bonchev–Trinajstić information content (AvgIpc) is 2.78. The van der Waals surface area contributed by atoms with Gasteiger partial charge in [0, 0.05) is 18.5 Å². The number of aliphatic hydroxyl groups is 1. The van der Waals surface area contributed by atoms with Crippen LogP contribution in [0.3, 0.4) is 0 Å². The summed E-state index contributed by atoms with van der Waals surface area (Å²) in [6.07, 6.45) is 1.04. The number of aryl methyl sites for hydroxylation is 1. The van der Waals surface area contributed by atoms with E-state index in [-0.39, 0.29) is 5.91 Å². The van der Waals surface area contributed by atoms with Gasteiger partial charge in [0.25, 0.3) is 0 Å². The summed E-state index contributed by atoms with van der Waals surface area (Å²) in [5.74, 6) is 0.576. The number of hydrogen-bond donors (Lipinski definition) is 2. The van der Waals surface area contributed by atoms with Crippen LogP contribution in [0.2, 0.25) is 0 Å². The molecule has 0 bridgehead atoms. The third-order valence-electron chi connectivity index (χ3n) is 2.81. The molecule has 19 heavy (non-hydrogen) atoms. The SMILES string of the molecule is CCc1nc2cc(NC(=O)CCC(C)O)ccc2o1. The number of nitrogens with one attached hydrogen (secondary N) is 1. The first-order valence-corrected chi connectivity index (χ1v) is 6.46. The molecule has 1 atom stereocenters. The van der Waals surface area contributed by atoms with Crippen LogP contribution in [0.25, 0.3) is 11.1 Å². The highest BCUT2D eigenvalue weighted by atomic mass is 16.3. The monoisotopic (exact) mass is 262 g/mol. The Morgan fingerprint density at radius 1 is 1.53 bits per heavy atom. The molecule has 0 aliphatic heterocycles. The second-order valence-corrected chi connectivity index (χ2v) is 4.58. The first-order valence-electron chi connectivity index (χ1n) is 6.46. The van der Waals surface area contributed by atoms with Crippen LogP contribution in [-0.2, 0) is 11.2 Å². The highest BCUT2D eigenvalue weighted by Crippen LogP contribution is 2.20. The van der Waals surface area contributed by atoms with E-state index in [4.69, 9.17) is 9.52 Å². The van der Waals surface area contributed by atoms with Gasteiger partial charge in [0.1, 0.15) is 5.52 Å². The Morgan fingerprint density at radius 3 is 3.00 bits per heavy atom. The van der Waals surface area contributed by atoms with E-state index in [1.165, 1.54) is 0 Å². The molecule has 2 N–H and O–H groups in total. The predicted molar refractivity (Wildman–Crippen MR) is 72.9 cm³/mol. The highest BCUT2D eigenvalue weighted by molar-refractivity contribution is 5.92. The molecule has 1 heterocycles.